The molecule has 0 spiro atoms. The molecular formula is C14H18ClN3O3. The summed E-state index contributed by atoms with van der Waals surface area (Å²) in [6.45, 7) is 3.85. The van der Waals surface area contributed by atoms with Crippen molar-refractivity contribution in [3.8, 4) is 0 Å². The molecule has 3 heterocycles. The van der Waals surface area contributed by atoms with E-state index in [9.17, 15) is 9.59 Å². The van der Waals surface area contributed by atoms with Gasteiger partial charge < -0.3 is 19.5 Å². The SMILES string of the molecule is CC(=O)N1CCOC2CCN(C(=O)c3cc(Cl)c[nH]3)CC21. The number of aromatic nitrogens is 1. The Bertz CT molecular complexity index is 559. The molecule has 2 fully saturated rings. The zero-order valence-corrected chi connectivity index (χ0v) is 12.6. The maximum absolute atomic E-state index is 12.5. The van der Waals surface area contributed by atoms with Gasteiger partial charge in [-0.15, -0.1) is 0 Å². The summed E-state index contributed by atoms with van der Waals surface area (Å²) in [5, 5.41) is 0.514. The van der Waals surface area contributed by atoms with Crippen molar-refractivity contribution in [2.24, 2.45) is 0 Å². The number of hydrogen-bond donors (Lipinski definition) is 1. The van der Waals surface area contributed by atoms with Gasteiger partial charge >= 0.3 is 0 Å². The highest BCUT2D eigenvalue weighted by atomic mass is 35.5. The number of carbonyl (C=O) groups is 2. The predicted molar refractivity (Wildman–Crippen MR) is 77.2 cm³/mol. The fourth-order valence-electron chi connectivity index (χ4n) is 3.11. The molecule has 7 heteroatoms. The van der Waals surface area contributed by atoms with Gasteiger partial charge in [-0.2, -0.15) is 0 Å². The van der Waals surface area contributed by atoms with Gasteiger partial charge in [0.1, 0.15) is 5.69 Å². The number of aromatic amines is 1. The summed E-state index contributed by atoms with van der Waals surface area (Å²) < 4.78 is 5.74. The van der Waals surface area contributed by atoms with Crippen LogP contribution in [0, 0.1) is 0 Å². The zero-order chi connectivity index (χ0) is 15.0. The molecule has 2 amide bonds. The first kappa shape index (κ1) is 14.4. The average Bonchev–Trinajstić information content (AvgIpc) is 2.91. The first-order valence-electron chi connectivity index (χ1n) is 7.08. The first-order chi connectivity index (χ1) is 10.1. The highest BCUT2D eigenvalue weighted by Gasteiger charge is 2.39. The molecular weight excluding hydrogens is 294 g/mol. The van der Waals surface area contributed by atoms with E-state index in [4.69, 9.17) is 16.3 Å². The molecule has 114 valence electrons. The predicted octanol–water partition coefficient (Wildman–Crippen LogP) is 1.13. The zero-order valence-electron chi connectivity index (χ0n) is 11.8. The van der Waals surface area contributed by atoms with Gasteiger partial charge in [0, 0.05) is 32.8 Å². The molecule has 1 N–H and O–H groups in total. The van der Waals surface area contributed by atoms with Crippen LogP contribution in [0.15, 0.2) is 12.3 Å². The number of amides is 2. The van der Waals surface area contributed by atoms with E-state index < -0.39 is 0 Å². The minimum atomic E-state index is -0.0885. The summed E-state index contributed by atoms with van der Waals surface area (Å²) in [5.41, 5.74) is 0.476. The minimum absolute atomic E-state index is 0.0268. The monoisotopic (exact) mass is 311 g/mol. The normalized spacial score (nSPS) is 25.6. The number of hydrogen-bond acceptors (Lipinski definition) is 3. The molecule has 2 unspecified atom stereocenters. The largest absolute Gasteiger partial charge is 0.374 e. The van der Waals surface area contributed by atoms with Crippen LogP contribution in [0.3, 0.4) is 0 Å². The number of morpholine rings is 1. The molecule has 0 radical (unpaired) electrons. The molecule has 0 bridgehead atoms. The topological polar surface area (TPSA) is 65.6 Å². The van der Waals surface area contributed by atoms with Crippen LogP contribution in [0.2, 0.25) is 5.02 Å². The van der Waals surface area contributed by atoms with E-state index in [1.807, 2.05) is 4.90 Å². The number of carbonyl (C=O) groups excluding carboxylic acids is 2. The molecule has 1 aromatic heterocycles. The molecule has 0 saturated carbocycles. The van der Waals surface area contributed by atoms with Gasteiger partial charge in [-0.1, -0.05) is 11.6 Å². The number of rotatable bonds is 1. The van der Waals surface area contributed by atoms with Gasteiger partial charge in [0.25, 0.3) is 5.91 Å². The van der Waals surface area contributed by atoms with Crippen LogP contribution in [-0.4, -0.2) is 65.0 Å². The van der Waals surface area contributed by atoms with Crippen molar-refractivity contribution in [3.05, 3.63) is 23.0 Å². The lowest BCUT2D eigenvalue weighted by Crippen LogP contribution is -2.61. The van der Waals surface area contributed by atoms with E-state index in [0.717, 1.165) is 6.42 Å². The van der Waals surface area contributed by atoms with Gasteiger partial charge in [-0.05, 0) is 12.5 Å². The van der Waals surface area contributed by atoms with Crippen LogP contribution in [0.5, 0.6) is 0 Å². The van der Waals surface area contributed by atoms with Gasteiger partial charge in [0.05, 0.1) is 23.8 Å². The van der Waals surface area contributed by atoms with Gasteiger partial charge in [-0.25, -0.2) is 0 Å². The molecule has 0 aromatic carbocycles. The molecule has 2 saturated heterocycles. The molecule has 1 aromatic rings. The van der Waals surface area contributed by atoms with Gasteiger partial charge in [0.15, 0.2) is 0 Å². The highest BCUT2D eigenvalue weighted by Crippen LogP contribution is 2.24. The summed E-state index contributed by atoms with van der Waals surface area (Å²) in [6, 6.07) is 1.56. The second-order valence-corrected chi connectivity index (χ2v) is 5.90. The number of piperidine rings is 1. The second kappa shape index (κ2) is 5.69. The molecule has 0 aliphatic carbocycles. The number of fused-ring (bicyclic) bond motifs is 1. The number of halogens is 1. The maximum Gasteiger partial charge on any atom is 0.270 e. The quantitative estimate of drug-likeness (QED) is 0.845. The Morgan fingerprint density at radius 1 is 1.43 bits per heavy atom. The van der Waals surface area contributed by atoms with Crippen molar-refractivity contribution < 1.29 is 14.3 Å². The van der Waals surface area contributed by atoms with Crippen molar-refractivity contribution >= 4 is 23.4 Å². The first-order valence-corrected chi connectivity index (χ1v) is 7.46. The smallest absolute Gasteiger partial charge is 0.270 e. The number of H-pyrrole nitrogens is 1. The Morgan fingerprint density at radius 3 is 2.90 bits per heavy atom. The third kappa shape index (κ3) is 2.78. The maximum atomic E-state index is 12.5. The van der Waals surface area contributed by atoms with Crippen LogP contribution in [-0.2, 0) is 9.53 Å². The van der Waals surface area contributed by atoms with Crippen molar-refractivity contribution in [1.29, 1.82) is 0 Å². The molecule has 3 rings (SSSR count). The van der Waals surface area contributed by atoms with Crippen LogP contribution in [0.25, 0.3) is 0 Å². The van der Waals surface area contributed by atoms with Crippen LogP contribution in [0.4, 0.5) is 0 Å². The number of likely N-dealkylation sites (tertiary alicyclic amines) is 1. The van der Waals surface area contributed by atoms with E-state index >= 15 is 0 Å². The Kier molecular flexibility index (Phi) is 3.91. The van der Waals surface area contributed by atoms with E-state index in [-0.39, 0.29) is 24.0 Å². The molecule has 2 aliphatic rings. The van der Waals surface area contributed by atoms with Crippen LogP contribution >= 0.6 is 11.6 Å². The Morgan fingerprint density at radius 2 is 2.24 bits per heavy atom. The standard InChI is InChI=1S/C14H18ClN3O3/c1-9(19)18-4-5-21-13-2-3-17(8-12(13)18)14(20)11-6-10(15)7-16-11/h6-7,12-13,16H,2-5,8H2,1H3. The van der Waals surface area contributed by atoms with E-state index in [2.05, 4.69) is 4.98 Å². The fraction of sp³-hybridized carbons (Fsp3) is 0.571. The lowest BCUT2D eigenvalue weighted by atomic mass is 9.98. The second-order valence-electron chi connectivity index (χ2n) is 5.46. The average molecular weight is 312 g/mol. The van der Waals surface area contributed by atoms with E-state index in [1.165, 1.54) is 0 Å². The summed E-state index contributed by atoms with van der Waals surface area (Å²) >= 11 is 5.84. The summed E-state index contributed by atoms with van der Waals surface area (Å²) in [5.74, 6) is -0.0556. The highest BCUT2D eigenvalue weighted by molar-refractivity contribution is 6.30. The summed E-state index contributed by atoms with van der Waals surface area (Å²) in [4.78, 5) is 30.6. The number of ether oxygens (including phenoxy) is 1. The molecule has 6 nitrogen and oxygen atoms in total. The Hall–Kier alpha value is -1.53. The van der Waals surface area contributed by atoms with Gasteiger partial charge in [0.2, 0.25) is 5.91 Å². The lowest BCUT2D eigenvalue weighted by molar-refractivity contribution is -0.149. The molecule has 2 aliphatic heterocycles. The number of nitrogens with zero attached hydrogens (tertiary/aromatic N) is 2. The summed E-state index contributed by atoms with van der Waals surface area (Å²) in [7, 11) is 0. The van der Waals surface area contributed by atoms with Crippen molar-refractivity contribution in [3.63, 3.8) is 0 Å². The fourth-order valence-corrected chi connectivity index (χ4v) is 3.27. The molecule has 21 heavy (non-hydrogen) atoms. The Balaban J connectivity index is 1.74. The van der Waals surface area contributed by atoms with Crippen molar-refractivity contribution in [1.82, 2.24) is 14.8 Å². The van der Waals surface area contributed by atoms with E-state index in [0.29, 0.717) is 37.0 Å². The summed E-state index contributed by atoms with van der Waals surface area (Å²) in [6.07, 6.45) is 2.36. The molecule has 2 atom stereocenters. The lowest BCUT2D eigenvalue weighted by Gasteiger charge is -2.46. The third-order valence-corrected chi connectivity index (χ3v) is 4.37. The van der Waals surface area contributed by atoms with Crippen LogP contribution in [0.1, 0.15) is 23.8 Å². The Labute approximate surface area is 128 Å². The third-order valence-electron chi connectivity index (χ3n) is 4.15. The van der Waals surface area contributed by atoms with Crippen molar-refractivity contribution in [2.75, 3.05) is 26.2 Å². The van der Waals surface area contributed by atoms with Crippen molar-refractivity contribution in [2.45, 2.75) is 25.5 Å². The van der Waals surface area contributed by atoms with Gasteiger partial charge in [-0.3, -0.25) is 9.59 Å². The van der Waals surface area contributed by atoms with Crippen LogP contribution < -0.4 is 0 Å². The van der Waals surface area contributed by atoms with E-state index in [1.54, 1.807) is 24.1 Å². The minimum Gasteiger partial charge on any atom is -0.374 e. The number of nitrogens with one attached hydrogen (secondary N) is 1.